The van der Waals surface area contributed by atoms with E-state index >= 15 is 0 Å². The number of hydrazone groups is 1. The van der Waals surface area contributed by atoms with Crippen molar-refractivity contribution in [2.24, 2.45) is 5.10 Å². The Morgan fingerprint density at radius 1 is 1.28 bits per heavy atom. The van der Waals surface area contributed by atoms with Crippen molar-refractivity contribution >= 4 is 40.0 Å². The number of carbonyl (C=O) groups excluding carboxylic acids is 1. The van der Waals surface area contributed by atoms with Gasteiger partial charge in [-0.25, -0.2) is 5.01 Å². The second-order valence-corrected chi connectivity index (χ2v) is 8.42. The van der Waals surface area contributed by atoms with Crippen LogP contribution in [-0.2, 0) is 4.79 Å². The number of nitrogens with zero attached hydrogens (tertiary/aromatic N) is 3. The van der Waals surface area contributed by atoms with Crippen molar-refractivity contribution in [1.82, 2.24) is 5.01 Å². The Labute approximate surface area is 175 Å². The third kappa shape index (κ3) is 4.06. The zero-order valence-corrected chi connectivity index (χ0v) is 17.1. The molecule has 3 aromatic rings. The largest absolute Gasteiger partial charge is 0.484 e. The van der Waals surface area contributed by atoms with Crippen molar-refractivity contribution in [3.63, 3.8) is 0 Å². The van der Waals surface area contributed by atoms with Crippen LogP contribution < -0.4 is 4.74 Å². The van der Waals surface area contributed by atoms with Crippen LogP contribution in [0, 0.1) is 17.0 Å². The van der Waals surface area contributed by atoms with Gasteiger partial charge in [-0.05, 0) is 41.9 Å². The maximum absolute atomic E-state index is 12.9. The summed E-state index contributed by atoms with van der Waals surface area (Å²) in [7, 11) is 0. The average molecular weight is 428 g/mol. The van der Waals surface area contributed by atoms with Crippen LogP contribution in [0.3, 0.4) is 0 Å². The summed E-state index contributed by atoms with van der Waals surface area (Å²) in [6.45, 7) is 1.44. The van der Waals surface area contributed by atoms with Crippen LogP contribution in [-0.4, -0.2) is 28.2 Å². The van der Waals surface area contributed by atoms with Crippen LogP contribution in [0.2, 0.25) is 0 Å². The van der Waals surface area contributed by atoms with Crippen LogP contribution in [0.15, 0.2) is 58.3 Å². The minimum Gasteiger partial charge on any atom is -0.484 e. The van der Waals surface area contributed by atoms with E-state index in [1.807, 2.05) is 35.0 Å². The fourth-order valence-electron chi connectivity index (χ4n) is 3.17. The summed E-state index contributed by atoms with van der Waals surface area (Å²) in [6, 6.07) is 12.2. The molecule has 0 N–H and O–H groups in total. The summed E-state index contributed by atoms with van der Waals surface area (Å²) >= 11 is 3.19. The second-order valence-electron chi connectivity index (χ2n) is 6.49. The van der Waals surface area contributed by atoms with Gasteiger partial charge in [0.05, 0.1) is 21.6 Å². The SMILES string of the molecule is Cc1cc(OCC(=O)N2N=C(c3cccs3)CC2c2cccs2)ccc1[N+](=O)[O-]. The lowest BCUT2D eigenvalue weighted by atomic mass is 10.1. The van der Waals surface area contributed by atoms with Gasteiger partial charge < -0.3 is 4.74 Å². The molecule has 0 saturated heterocycles. The molecule has 1 aromatic carbocycles. The number of benzene rings is 1. The van der Waals surface area contributed by atoms with E-state index in [4.69, 9.17) is 4.74 Å². The smallest absolute Gasteiger partial charge is 0.281 e. The quantitative estimate of drug-likeness (QED) is 0.418. The first-order valence-electron chi connectivity index (χ1n) is 8.87. The van der Waals surface area contributed by atoms with Crippen LogP contribution >= 0.6 is 22.7 Å². The Bertz CT molecular complexity index is 1060. The van der Waals surface area contributed by atoms with E-state index in [1.165, 1.54) is 17.1 Å². The van der Waals surface area contributed by atoms with Gasteiger partial charge in [-0.2, -0.15) is 5.10 Å². The molecule has 0 fully saturated rings. The van der Waals surface area contributed by atoms with Gasteiger partial charge in [0.15, 0.2) is 6.61 Å². The number of nitro groups is 1. The van der Waals surface area contributed by atoms with Crippen LogP contribution in [0.5, 0.6) is 5.75 Å². The van der Waals surface area contributed by atoms with Crippen molar-refractivity contribution in [1.29, 1.82) is 0 Å². The number of aryl methyl sites for hydroxylation is 1. The lowest BCUT2D eigenvalue weighted by Crippen LogP contribution is -2.31. The molecule has 0 bridgehead atoms. The molecule has 3 heterocycles. The van der Waals surface area contributed by atoms with E-state index in [2.05, 4.69) is 5.10 Å². The monoisotopic (exact) mass is 427 g/mol. The van der Waals surface area contributed by atoms with E-state index in [1.54, 1.807) is 35.7 Å². The van der Waals surface area contributed by atoms with Gasteiger partial charge in [0.2, 0.25) is 0 Å². The predicted octanol–water partition coefficient (Wildman–Crippen LogP) is 4.78. The van der Waals surface area contributed by atoms with Gasteiger partial charge in [0.1, 0.15) is 5.75 Å². The van der Waals surface area contributed by atoms with E-state index in [0.717, 1.165) is 15.5 Å². The number of hydrogen-bond donors (Lipinski definition) is 0. The molecule has 0 saturated carbocycles. The van der Waals surface area contributed by atoms with Crippen molar-refractivity contribution in [2.75, 3.05) is 6.61 Å². The van der Waals surface area contributed by atoms with Crippen LogP contribution in [0.1, 0.15) is 27.8 Å². The Morgan fingerprint density at radius 3 is 2.72 bits per heavy atom. The highest BCUT2D eigenvalue weighted by molar-refractivity contribution is 7.12. The van der Waals surface area contributed by atoms with E-state index in [9.17, 15) is 14.9 Å². The highest BCUT2D eigenvalue weighted by atomic mass is 32.1. The first kappa shape index (κ1) is 19.3. The Morgan fingerprint density at radius 2 is 2.07 bits per heavy atom. The first-order chi connectivity index (χ1) is 14.0. The molecule has 1 atom stereocenters. The molecule has 0 radical (unpaired) electrons. The number of amides is 1. The highest BCUT2D eigenvalue weighted by Crippen LogP contribution is 2.36. The maximum Gasteiger partial charge on any atom is 0.281 e. The normalized spacial score (nSPS) is 16.0. The average Bonchev–Trinajstić information content (AvgIpc) is 3.46. The lowest BCUT2D eigenvalue weighted by molar-refractivity contribution is -0.385. The Balaban J connectivity index is 1.51. The zero-order valence-electron chi connectivity index (χ0n) is 15.5. The summed E-state index contributed by atoms with van der Waals surface area (Å²) in [5.41, 5.74) is 1.39. The summed E-state index contributed by atoms with van der Waals surface area (Å²) in [5.74, 6) is 0.154. The third-order valence-corrected chi connectivity index (χ3v) is 6.46. The topological polar surface area (TPSA) is 85.0 Å². The summed E-state index contributed by atoms with van der Waals surface area (Å²) in [6.07, 6.45) is 0.656. The number of rotatable bonds is 6. The third-order valence-electron chi connectivity index (χ3n) is 4.57. The molecule has 2 aromatic heterocycles. The molecule has 1 unspecified atom stereocenters. The van der Waals surface area contributed by atoms with Gasteiger partial charge in [-0.3, -0.25) is 14.9 Å². The summed E-state index contributed by atoms with van der Waals surface area (Å²) < 4.78 is 5.61. The molecule has 1 aliphatic rings. The molecular weight excluding hydrogens is 410 g/mol. The highest BCUT2D eigenvalue weighted by Gasteiger charge is 2.34. The Kier molecular flexibility index (Phi) is 5.41. The van der Waals surface area contributed by atoms with Crippen LogP contribution in [0.4, 0.5) is 5.69 Å². The minimum absolute atomic E-state index is 0.0196. The number of thiophene rings is 2. The molecule has 7 nitrogen and oxygen atoms in total. The van der Waals surface area contributed by atoms with Gasteiger partial charge >= 0.3 is 0 Å². The Hall–Kier alpha value is -3.04. The molecule has 1 aliphatic heterocycles. The molecule has 0 aliphatic carbocycles. The lowest BCUT2D eigenvalue weighted by Gasteiger charge is -2.20. The molecule has 4 rings (SSSR count). The van der Waals surface area contributed by atoms with Gasteiger partial charge in [-0.15, -0.1) is 22.7 Å². The number of nitro benzene ring substituents is 1. The fraction of sp³-hybridized carbons (Fsp3) is 0.200. The van der Waals surface area contributed by atoms with E-state index < -0.39 is 4.92 Å². The van der Waals surface area contributed by atoms with E-state index in [-0.39, 0.29) is 24.2 Å². The maximum atomic E-state index is 12.9. The van der Waals surface area contributed by atoms with E-state index in [0.29, 0.717) is 17.7 Å². The van der Waals surface area contributed by atoms with Gasteiger partial charge in [0, 0.05) is 22.9 Å². The standard InChI is InChI=1S/C20H17N3O4S2/c1-13-10-14(6-7-16(13)23(25)26)27-12-20(24)22-17(19-5-3-9-29-19)11-15(21-22)18-4-2-8-28-18/h2-10,17H,11-12H2,1H3. The number of hydrogen-bond acceptors (Lipinski definition) is 7. The van der Waals surface area contributed by atoms with Gasteiger partial charge in [-0.1, -0.05) is 12.1 Å². The fourth-order valence-corrected chi connectivity index (χ4v) is 4.70. The first-order valence-corrected chi connectivity index (χ1v) is 10.6. The summed E-state index contributed by atoms with van der Waals surface area (Å²) in [4.78, 5) is 25.5. The summed E-state index contributed by atoms with van der Waals surface area (Å²) in [5, 5.41) is 21.0. The van der Waals surface area contributed by atoms with Crippen molar-refractivity contribution in [3.8, 4) is 5.75 Å². The molecule has 29 heavy (non-hydrogen) atoms. The second kappa shape index (κ2) is 8.14. The number of ether oxygens (including phenoxy) is 1. The van der Waals surface area contributed by atoms with Crippen molar-refractivity contribution in [3.05, 3.63) is 78.7 Å². The number of carbonyl (C=O) groups is 1. The molecule has 0 spiro atoms. The predicted molar refractivity (Wildman–Crippen MR) is 113 cm³/mol. The molecule has 148 valence electrons. The minimum atomic E-state index is -0.444. The molecule has 9 heteroatoms. The molecule has 1 amide bonds. The zero-order chi connectivity index (χ0) is 20.4. The van der Waals surface area contributed by atoms with Crippen LogP contribution in [0.25, 0.3) is 0 Å². The molecular formula is C20H17N3O4S2. The van der Waals surface area contributed by atoms with Crippen molar-refractivity contribution in [2.45, 2.75) is 19.4 Å². The van der Waals surface area contributed by atoms with Crippen molar-refractivity contribution < 1.29 is 14.5 Å². The van der Waals surface area contributed by atoms with Gasteiger partial charge in [0.25, 0.3) is 11.6 Å².